The van der Waals surface area contributed by atoms with E-state index in [0.717, 1.165) is 63.5 Å². The summed E-state index contributed by atoms with van der Waals surface area (Å²) in [6, 6.07) is 3.33. The molecule has 6 rings (SSSR count). The maximum atomic E-state index is 12.5. The Labute approximate surface area is 235 Å². The number of allylic oxidation sites excluding steroid dienone is 1. The number of nitrogens with one attached hydrogen (secondary N) is 2. The van der Waals surface area contributed by atoms with E-state index in [0.29, 0.717) is 25.6 Å². The maximum absolute atomic E-state index is 12.5. The summed E-state index contributed by atoms with van der Waals surface area (Å²) in [6.45, 7) is 7.19. The van der Waals surface area contributed by atoms with Crippen LogP contribution in [-0.4, -0.2) is 66.4 Å². The zero-order chi connectivity index (χ0) is 28.1. The number of nitrogens with zero attached hydrogens (tertiary/aromatic N) is 1. The van der Waals surface area contributed by atoms with Crippen LogP contribution in [0.25, 0.3) is 0 Å². The molecule has 40 heavy (non-hydrogen) atoms. The smallest absolute Gasteiger partial charge is 0.407 e. The molecule has 0 spiro atoms. The predicted molar refractivity (Wildman–Crippen MR) is 149 cm³/mol. The average molecular weight is 554 g/mol. The molecular formula is C31H43N3O6. The Kier molecular flexibility index (Phi) is 7.10. The summed E-state index contributed by atoms with van der Waals surface area (Å²) >= 11 is 0. The quantitative estimate of drug-likeness (QED) is 0.479. The van der Waals surface area contributed by atoms with Crippen LogP contribution in [0.1, 0.15) is 76.7 Å². The molecule has 9 heteroatoms. The number of ether oxygens (including phenoxy) is 1. The highest BCUT2D eigenvalue weighted by Gasteiger charge is 2.66. The molecule has 0 radical (unpaired) electrons. The number of hydrogen-bond acceptors (Lipinski definition) is 7. The van der Waals surface area contributed by atoms with Crippen molar-refractivity contribution in [2.24, 2.45) is 22.7 Å². The van der Waals surface area contributed by atoms with Gasteiger partial charge in [0.2, 0.25) is 5.91 Å². The first-order valence-corrected chi connectivity index (χ1v) is 15.1. The lowest BCUT2D eigenvalue weighted by molar-refractivity contribution is -0.177. The molecule has 0 aromatic carbocycles. The molecule has 2 amide bonds. The summed E-state index contributed by atoms with van der Waals surface area (Å²) in [5.41, 5.74) is 1.15. The molecule has 4 aliphatic carbocycles. The molecule has 1 aliphatic heterocycles. The van der Waals surface area contributed by atoms with E-state index in [2.05, 4.69) is 30.6 Å². The average Bonchev–Trinajstić information content (AvgIpc) is 3.20. The second-order valence-corrected chi connectivity index (χ2v) is 13.3. The number of piperazine rings is 1. The molecule has 2 heterocycles. The topological polar surface area (TPSA) is 121 Å². The minimum atomic E-state index is -0.737. The van der Waals surface area contributed by atoms with Crippen LogP contribution in [0, 0.1) is 22.7 Å². The van der Waals surface area contributed by atoms with Crippen molar-refractivity contribution in [1.82, 2.24) is 15.5 Å². The van der Waals surface area contributed by atoms with Gasteiger partial charge in [-0.1, -0.05) is 25.5 Å². The normalized spacial score (nSPS) is 39.3. The first-order valence-electron chi connectivity index (χ1n) is 15.1. The number of fused-ring (bicyclic) bond motifs is 5. The molecule has 9 nitrogen and oxygen atoms in total. The van der Waals surface area contributed by atoms with Gasteiger partial charge in [0.15, 0.2) is 0 Å². The van der Waals surface area contributed by atoms with Gasteiger partial charge in [-0.05, 0) is 86.2 Å². The molecule has 3 N–H and O–H groups in total. The van der Waals surface area contributed by atoms with Crippen molar-refractivity contribution in [2.45, 2.75) is 82.8 Å². The van der Waals surface area contributed by atoms with Crippen LogP contribution >= 0.6 is 0 Å². The van der Waals surface area contributed by atoms with E-state index in [1.54, 1.807) is 6.26 Å². The number of amides is 2. The van der Waals surface area contributed by atoms with Crippen molar-refractivity contribution in [2.75, 3.05) is 32.8 Å². The van der Waals surface area contributed by atoms with E-state index in [1.165, 1.54) is 11.6 Å². The molecule has 218 valence electrons. The lowest BCUT2D eigenvalue weighted by atomic mass is 9.45. The molecule has 1 aromatic heterocycles. The molecule has 1 saturated heterocycles. The number of hydrogen-bond donors (Lipinski definition) is 3. The molecule has 0 bridgehead atoms. The third-order valence-electron chi connectivity index (χ3n) is 11.5. The first-order chi connectivity index (χ1) is 19.1. The van der Waals surface area contributed by atoms with Crippen LogP contribution in [0.3, 0.4) is 0 Å². The largest absolute Gasteiger partial charge is 0.448 e. The van der Waals surface area contributed by atoms with E-state index < -0.39 is 11.7 Å². The van der Waals surface area contributed by atoms with Gasteiger partial charge in [-0.3, -0.25) is 9.69 Å². The molecule has 7 atom stereocenters. The standard InChI is InChI=1S/C31H43N3O6/c1-29-10-7-22(33-28(37)39-16-15-34-14-13-32-26(35)18-34)17-21(29)4-5-25-24(29)8-11-30(2)23(9-12-31(25,30)38)20-3-6-27(36)40-19-20/h3,6,17,19,22-25,38H,4-5,7-16,18H2,1-2H3,(H,32,35)(H,33,37)/t22-,23+,24-,25+,29-,30+,31-/m0/s1. The third-order valence-corrected chi connectivity index (χ3v) is 11.5. The van der Waals surface area contributed by atoms with Gasteiger partial charge in [-0.15, -0.1) is 0 Å². The van der Waals surface area contributed by atoms with Gasteiger partial charge in [0, 0.05) is 31.1 Å². The van der Waals surface area contributed by atoms with Crippen molar-refractivity contribution in [3.05, 3.63) is 46.0 Å². The van der Waals surface area contributed by atoms with E-state index in [9.17, 15) is 19.5 Å². The van der Waals surface area contributed by atoms with Crippen molar-refractivity contribution in [3.8, 4) is 0 Å². The number of carbonyl (C=O) groups excluding carboxylic acids is 2. The van der Waals surface area contributed by atoms with Gasteiger partial charge >= 0.3 is 11.7 Å². The minimum Gasteiger partial charge on any atom is -0.448 e. The highest BCUT2D eigenvalue weighted by atomic mass is 16.5. The van der Waals surface area contributed by atoms with Crippen molar-refractivity contribution in [1.29, 1.82) is 0 Å². The van der Waals surface area contributed by atoms with E-state index in [1.807, 2.05) is 11.0 Å². The molecule has 0 unspecified atom stereocenters. The van der Waals surface area contributed by atoms with Gasteiger partial charge in [-0.25, -0.2) is 9.59 Å². The first kappa shape index (κ1) is 27.5. The monoisotopic (exact) mass is 553 g/mol. The summed E-state index contributed by atoms with van der Waals surface area (Å²) < 4.78 is 10.7. The van der Waals surface area contributed by atoms with Crippen LogP contribution in [0.15, 0.2) is 39.3 Å². The van der Waals surface area contributed by atoms with Crippen molar-refractivity contribution < 1.29 is 23.8 Å². The summed E-state index contributed by atoms with van der Waals surface area (Å²) in [4.78, 5) is 37.6. The Morgan fingerprint density at radius 1 is 1.15 bits per heavy atom. The molecule has 5 aliphatic rings. The molecular weight excluding hydrogens is 510 g/mol. The number of aliphatic hydroxyl groups is 1. The van der Waals surface area contributed by atoms with Gasteiger partial charge in [-0.2, -0.15) is 0 Å². The summed E-state index contributed by atoms with van der Waals surface area (Å²) in [7, 11) is 0. The van der Waals surface area contributed by atoms with Crippen LogP contribution in [0.2, 0.25) is 0 Å². The number of rotatable bonds is 5. The minimum absolute atomic E-state index is 0.0100. The Bertz CT molecular complexity index is 1230. The lowest BCUT2D eigenvalue weighted by Gasteiger charge is -2.62. The van der Waals surface area contributed by atoms with E-state index >= 15 is 0 Å². The second-order valence-electron chi connectivity index (χ2n) is 13.3. The predicted octanol–water partition coefficient (Wildman–Crippen LogP) is 3.33. The molecule has 1 aromatic rings. The fourth-order valence-electron chi connectivity index (χ4n) is 9.26. The van der Waals surface area contributed by atoms with Crippen LogP contribution in [-0.2, 0) is 9.53 Å². The van der Waals surface area contributed by atoms with Crippen molar-refractivity contribution >= 4 is 12.0 Å². The van der Waals surface area contributed by atoms with Gasteiger partial charge in [0.25, 0.3) is 0 Å². The summed E-state index contributed by atoms with van der Waals surface area (Å²) in [6.07, 6.45) is 10.9. The number of carbonyl (C=O) groups is 2. The lowest BCUT2D eigenvalue weighted by Crippen LogP contribution is -2.60. The second kappa shape index (κ2) is 10.3. The summed E-state index contributed by atoms with van der Waals surface area (Å²) in [5, 5.41) is 18.3. The highest BCUT2D eigenvalue weighted by molar-refractivity contribution is 5.78. The Morgan fingerprint density at radius 2 is 2.00 bits per heavy atom. The highest BCUT2D eigenvalue weighted by Crippen LogP contribution is 2.70. The fraction of sp³-hybridized carbons (Fsp3) is 0.710. The van der Waals surface area contributed by atoms with E-state index in [-0.39, 0.29) is 46.8 Å². The van der Waals surface area contributed by atoms with Crippen molar-refractivity contribution in [3.63, 3.8) is 0 Å². The van der Waals surface area contributed by atoms with Crippen LogP contribution in [0.4, 0.5) is 4.79 Å². The maximum Gasteiger partial charge on any atom is 0.407 e. The molecule has 4 fully saturated rings. The molecule has 3 saturated carbocycles. The van der Waals surface area contributed by atoms with Crippen LogP contribution < -0.4 is 16.3 Å². The number of alkyl carbamates (subject to hydrolysis) is 1. The van der Waals surface area contributed by atoms with Gasteiger partial charge < -0.3 is 24.9 Å². The summed E-state index contributed by atoms with van der Waals surface area (Å²) in [5.74, 6) is 0.842. The van der Waals surface area contributed by atoms with Gasteiger partial charge in [0.1, 0.15) is 6.61 Å². The third kappa shape index (κ3) is 4.59. The SMILES string of the molecule is C[C@]12CC[C@H](NC(=O)OCCN3CCNC(=O)C3)C=C1CC[C@@H]1[C@@H]2CC[C@]2(C)[C@@H](c3ccc(=O)oc3)CC[C@]12O. The van der Waals surface area contributed by atoms with E-state index in [4.69, 9.17) is 9.15 Å². The Balaban J connectivity index is 1.10. The zero-order valence-corrected chi connectivity index (χ0v) is 23.7. The Morgan fingerprint density at radius 3 is 2.77 bits per heavy atom. The zero-order valence-electron chi connectivity index (χ0n) is 23.7. The van der Waals surface area contributed by atoms with Crippen LogP contribution in [0.5, 0.6) is 0 Å². The fourth-order valence-corrected chi connectivity index (χ4v) is 9.26. The van der Waals surface area contributed by atoms with Gasteiger partial charge in [0.05, 0.1) is 24.5 Å². The Hall–Kier alpha value is -2.65.